The summed E-state index contributed by atoms with van der Waals surface area (Å²) >= 11 is 0. The number of nitrogens with zero attached hydrogens (tertiary/aromatic N) is 3. The highest BCUT2D eigenvalue weighted by Crippen LogP contribution is 2.26. The van der Waals surface area contributed by atoms with Crippen molar-refractivity contribution < 1.29 is 4.79 Å². The molecule has 0 saturated carbocycles. The third kappa shape index (κ3) is 4.06. The van der Waals surface area contributed by atoms with Crippen LogP contribution in [0.3, 0.4) is 0 Å². The summed E-state index contributed by atoms with van der Waals surface area (Å²) in [5.41, 5.74) is 4.04. The molecule has 0 radical (unpaired) electrons. The Morgan fingerprint density at radius 2 is 1.82 bits per heavy atom. The zero-order valence-electron chi connectivity index (χ0n) is 16.2. The molecule has 28 heavy (non-hydrogen) atoms. The molecular formula is C24H25N3O. The number of allylic oxidation sites excluding steroid dienone is 2. The van der Waals surface area contributed by atoms with E-state index in [4.69, 9.17) is 5.10 Å². The Morgan fingerprint density at radius 1 is 1.11 bits per heavy atom. The molecule has 1 aliphatic carbocycles. The molecule has 0 saturated heterocycles. The molecule has 2 aromatic carbocycles. The second kappa shape index (κ2) is 8.26. The van der Waals surface area contributed by atoms with E-state index in [0.717, 1.165) is 35.3 Å². The van der Waals surface area contributed by atoms with Gasteiger partial charge in [-0.2, -0.15) is 5.10 Å². The summed E-state index contributed by atoms with van der Waals surface area (Å²) in [7, 11) is 1.88. The van der Waals surface area contributed by atoms with Crippen molar-refractivity contribution in [1.82, 2.24) is 14.7 Å². The van der Waals surface area contributed by atoms with Gasteiger partial charge in [0.2, 0.25) is 5.91 Å². The molecule has 0 aliphatic heterocycles. The minimum Gasteiger partial charge on any atom is -0.341 e. The number of aromatic nitrogens is 2. The van der Waals surface area contributed by atoms with Gasteiger partial charge in [0.25, 0.3) is 0 Å². The number of carbonyl (C=O) groups excluding carboxylic acids is 1. The van der Waals surface area contributed by atoms with Crippen molar-refractivity contribution in [3.05, 3.63) is 84.6 Å². The van der Waals surface area contributed by atoms with Gasteiger partial charge < -0.3 is 4.90 Å². The van der Waals surface area contributed by atoms with Gasteiger partial charge in [0.05, 0.1) is 11.4 Å². The summed E-state index contributed by atoms with van der Waals surface area (Å²) in [6, 6.07) is 20.2. The standard InChI is InChI=1S/C24H25N3O/c1-26(23(28)16-19-10-8-9-11-19)17-21-18-27(22-14-6-3-7-15-22)25-24(21)20-12-4-2-5-13-20/h2-8,10,12-15,18-19H,9,11,16-17H2,1H3. The van der Waals surface area contributed by atoms with Crippen molar-refractivity contribution in [2.24, 2.45) is 5.92 Å². The van der Waals surface area contributed by atoms with E-state index in [0.29, 0.717) is 18.9 Å². The number of amides is 1. The summed E-state index contributed by atoms with van der Waals surface area (Å²) in [6.07, 6.45) is 9.14. The second-order valence-corrected chi connectivity index (χ2v) is 7.37. The number of rotatable bonds is 6. The SMILES string of the molecule is CN(Cc1cn(-c2ccccc2)nc1-c1ccccc1)C(=O)CC1C=CCC1. The van der Waals surface area contributed by atoms with E-state index in [2.05, 4.69) is 24.3 Å². The maximum Gasteiger partial charge on any atom is 0.223 e. The lowest BCUT2D eigenvalue weighted by molar-refractivity contribution is -0.131. The van der Waals surface area contributed by atoms with Gasteiger partial charge >= 0.3 is 0 Å². The fourth-order valence-electron chi connectivity index (χ4n) is 3.67. The van der Waals surface area contributed by atoms with Crippen molar-refractivity contribution in [3.8, 4) is 16.9 Å². The smallest absolute Gasteiger partial charge is 0.223 e. The minimum atomic E-state index is 0.183. The Morgan fingerprint density at radius 3 is 2.50 bits per heavy atom. The van der Waals surface area contributed by atoms with Crippen LogP contribution in [0.1, 0.15) is 24.8 Å². The second-order valence-electron chi connectivity index (χ2n) is 7.37. The molecule has 0 bridgehead atoms. The summed E-state index contributed by atoms with van der Waals surface area (Å²) < 4.78 is 1.90. The minimum absolute atomic E-state index is 0.183. The van der Waals surface area contributed by atoms with Gasteiger partial charge in [0.15, 0.2) is 0 Å². The normalized spacial score (nSPS) is 15.7. The highest BCUT2D eigenvalue weighted by molar-refractivity contribution is 5.77. The molecule has 1 aromatic heterocycles. The molecule has 0 spiro atoms. The molecule has 4 rings (SSSR count). The molecule has 1 aliphatic rings. The third-order valence-electron chi connectivity index (χ3n) is 5.24. The number of para-hydroxylation sites is 1. The van der Waals surface area contributed by atoms with Crippen LogP contribution >= 0.6 is 0 Å². The van der Waals surface area contributed by atoms with Gasteiger partial charge in [0.1, 0.15) is 0 Å². The number of hydrogen-bond donors (Lipinski definition) is 0. The Labute approximate surface area is 166 Å². The van der Waals surface area contributed by atoms with Gasteiger partial charge in [0, 0.05) is 37.3 Å². The van der Waals surface area contributed by atoms with Crippen molar-refractivity contribution in [2.75, 3.05) is 7.05 Å². The van der Waals surface area contributed by atoms with E-state index in [1.807, 2.05) is 71.4 Å². The topological polar surface area (TPSA) is 38.1 Å². The molecule has 4 nitrogen and oxygen atoms in total. The van der Waals surface area contributed by atoms with Crippen LogP contribution in [0.5, 0.6) is 0 Å². The predicted octanol–water partition coefficient (Wildman–Crippen LogP) is 4.85. The molecule has 0 fully saturated rings. The van der Waals surface area contributed by atoms with Gasteiger partial charge in [-0.25, -0.2) is 4.68 Å². The largest absolute Gasteiger partial charge is 0.341 e. The Balaban J connectivity index is 1.60. The third-order valence-corrected chi connectivity index (χ3v) is 5.24. The lowest BCUT2D eigenvalue weighted by atomic mass is 10.0. The molecule has 1 heterocycles. The van der Waals surface area contributed by atoms with E-state index in [1.54, 1.807) is 0 Å². The maximum atomic E-state index is 12.7. The number of benzene rings is 2. The first-order valence-corrected chi connectivity index (χ1v) is 9.81. The van der Waals surface area contributed by atoms with Gasteiger partial charge in [-0.05, 0) is 30.9 Å². The van der Waals surface area contributed by atoms with E-state index in [9.17, 15) is 4.79 Å². The zero-order chi connectivity index (χ0) is 19.3. The Hall–Kier alpha value is -3.14. The summed E-state index contributed by atoms with van der Waals surface area (Å²) in [4.78, 5) is 14.5. The highest BCUT2D eigenvalue weighted by atomic mass is 16.2. The summed E-state index contributed by atoms with van der Waals surface area (Å²) in [5.74, 6) is 0.568. The average molecular weight is 371 g/mol. The van der Waals surface area contributed by atoms with Crippen LogP contribution in [0.4, 0.5) is 0 Å². The zero-order valence-corrected chi connectivity index (χ0v) is 16.2. The molecule has 142 valence electrons. The highest BCUT2D eigenvalue weighted by Gasteiger charge is 2.20. The molecule has 4 heteroatoms. The lowest BCUT2D eigenvalue weighted by Gasteiger charge is -2.19. The van der Waals surface area contributed by atoms with Crippen LogP contribution in [0.15, 0.2) is 79.0 Å². The van der Waals surface area contributed by atoms with E-state index >= 15 is 0 Å². The Bertz CT molecular complexity index is 960. The van der Waals surface area contributed by atoms with Crippen LogP contribution < -0.4 is 0 Å². The van der Waals surface area contributed by atoms with Crippen LogP contribution in [-0.4, -0.2) is 27.6 Å². The van der Waals surface area contributed by atoms with E-state index in [-0.39, 0.29) is 5.91 Å². The summed E-state index contributed by atoms with van der Waals surface area (Å²) in [6.45, 7) is 0.548. The van der Waals surface area contributed by atoms with Gasteiger partial charge in [-0.1, -0.05) is 60.7 Å². The first-order chi connectivity index (χ1) is 13.7. The van der Waals surface area contributed by atoms with Crippen LogP contribution in [0.25, 0.3) is 16.9 Å². The molecule has 3 aromatic rings. The lowest BCUT2D eigenvalue weighted by Crippen LogP contribution is -2.27. The van der Waals surface area contributed by atoms with Gasteiger partial charge in [-0.15, -0.1) is 0 Å². The van der Waals surface area contributed by atoms with Crippen LogP contribution in [0.2, 0.25) is 0 Å². The van der Waals surface area contributed by atoms with Crippen molar-refractivity contribution >= 4 is 5.91 Å². The molecular weight excluding hydrogens is 346 g/mol. The Kier molecular flexibility index (Phi) is 5.38. The van der Waals surface area contributed by atoms with Crippen LogP contribution in [-0.2, 0) is 11.3 Å². The fourth-order valence-corrected chi connectivity index (χ4v) is 3.67. The number of hydrogen-bond acceptors (Lipinski definition) is 2. The molecule has 1 unspecified atom stereocenters. The van der Waals surface area contributed by atoms with Crippen molar-refractivity contribution in [3.63, 3.8) is 0 Å². The average Bonchev–Trinajstić information content (AvgIpc) is 3.39. The monoisotopic (exact) mass is 371 g/mol. The summed E-state index contributed by atoms with van der Waals surface area (Å²) in [5, 5.41) is 4.83. The maximum absolute atomic E-state index is 12.7. The first-order valence-electron chi connectivity index (χ1n) is 9.81. The quantitative estimate of drug-likeness (QED) is 0.581. The van der Waals surface area contributed by atoms with Crippen molar-refractivity contribution in [2.45, 2.75) is 25.8 Å². The molecule has 1 atom stereocenters. The number of carbonyl (C=O) groups is 1. The van der Waals surface area contributed by atoms with Crippen LogP contribution in [0, 0.1) is 5.92 Å². The predicted molar refractivity (Wildman–Crippen MR) is 112 cm³/mol. The first kappa shape index (κ1) is 18.2. The fraction of sp³-hybridized carbons (Fsp3) is 0.250. The van der Waals surface area contributed by atoms with E-state index in [1.165, 1.54) is 0 Å². The molecule has 1 amide bonds. The van der Waals surface area contributed by atoms with Crippen molar-refractivity contribution in [1.29, 1.82) is 0 Å². The van der Waals surface area contributed by atoms with Gasteiger partial charge in [-0.3, -0.25) is 4.79 Å². The molecule has 0 N–H and O–H groups in total. The van der Waals surface area contributed by atoms with E-state index < -0.39 is 0 Å².